The van der Waals surface area contributed by atoms with Gasteiger partial charge in [-0.1, -0.05) is 0 Å². The van der Waals surface area contributed by atoms with Crippen LogP contribution in [0.4, 0.5) is 0 Å². The molecular formula is C12H15NO4S. The predicted molar refractivity (Wildman–Crippen MR) is 66.4 cm³/mol. The number of aromatic nitrogens is 1. The topological polar surface area (TPSA) is 65.5 Å². The molecule has 1 aliphatic heterocycles. The summed E-state index contributed by atoms with van der Waals surface area (Å²) in [5.74, 6) is 0.377. The first-order valence-electron chi connectivity index (χ1n) is 5.52. The standard InChI is InChI=1S/C12H15NO4S/c1-8(16-2)7-10-11(17-3)9-5-4-6-13-12(9)18(10,14)15/h4-6,8H,7H2,1-3H3. The lowest BCUT2D eigenvalue weighted by atomic mass is 10.2. The molecule has 98 valence electrons. The molecule has 0 saturated heterocycles. The Morgan fingerprint density at radius 3 is 2.72 bits per heavy atom. The summed E-state index contributed by atoms with van der Waals surface area (Å²) in [7, 11) is -0.540. The lowest BCUT2D eigenvalue weighted by Crippen LogP contribution is -2.11. The van der Waals surface area contributed by atoms with E-state index in [9.17, 15) is 8.42 Å². The third-order valence-corrected chi connectivity index (χ3v) is 4.76. The van der Waals surface area contributed by atoms with Crippen LogP contribution in [-0.4, -0.2) is 33.7 Å². The lowest BCUT2D eigenvalue weighted by molar-refractivity contribution is 0.120. The van der Waals surface area contributed by atoms with Gasteiger partial charge in [-0.05, 0) is 19.1 Å². The molecule has 5 nitrogen and oxygen atoms in total. The zero-order valence-corrected chi connectivity index (χ0v) is 11.3. The Morgan fingerprint density at radius 1 is 1.39 bits per heavy atom. The highest BCUT2D eigenvalue weighted by Crippen LogP contribution is 2.40. The molecule has 1 aliphatic rings. The molecule has 0 amide bonds. The van der Waals surface area contributed by atoms with Gasteiger partial charge in [0.05, 0.1) is 23.7 Å². The van der Waals surface area contributed by atoms with Gasteiger partial charge in [0.1, 0.15) is 5.76 Å². The van der Waals surface area contributed by atoms with E-state index >= 15 is 0 Å². The van der Waals surface area contributed by atoms with E-state index in [-0.39, 0.29) is 22.5 Å². The molecule has 2 heterocycles. The minimum Gasteiger partial charge on any atom is -0.495 e. The largest absolute Gasteiger partial charge is 0.495 e. The number of ether oxygens (including phenoxy) is 2. The first-order valence-corrected chi connectivity index (χ1v) is 7.01. The Morgan fingerprint density at radius 2 is 2.11 bits per heavy atom. The van der Waals surface area contributed by atoms with Crippen molar-refractivity contribution in [3.05, 3.63) is 28.8 Å². The van der Waals surface area contributed by atoms with Gasteiger partial charge in [0, 0.05) is 19.7 Å². The van der Waals surface area contributed by atoms with Crippen molar-refractivity contribution in [3.8, 4) is 0 Å². The molecule has 6 heteroatoms. The van der Waals surface area contributed by atoms with Gasteiger partial charge in [0.15, 0.2) is 5.03 Å². The Kier molecular flexibility index (Phi) is 3.41. The van der Waals surface area contributed by atoms with Crippen LogP contribution >= 0.6 is 0 Å². The van der Waals surface area contributed by atoms with Crippen molar-refractivity contribution in [3.63, 3.8) is 0 Å². The minimum atomic E-state index is -3.55. The number of fused-ring (bicyclic) bond motifs is 1. The van der Waals surface area contributed by atoms with E-state index in [1.807, 2.05) is 6.92 Å². The maximum absolute atomic E-state index is 12.3. The normalized spacial score (nSPS) is 18.6. The van der Waals surface area contributed by atoms with E-state index in [1.165, 1.54) is 13.3 Å². The van der Waals surface area contributed by atoms with Gasteiger partial charge in [-0.3, -0.25) is 0 Å². The third kappa shape index (κ3) is 1.91. The van der Waals surface area contributed by atoms with E-state index in [4.69, 9.17) is 9.47 Å². The number of hydrogen-bond donors (Lipinski definition) is 0. The molecule has 1 unspecified atom stereocenters. The first kappa shape index (κ1) is 13.0. The van der Waals surface area contributed by atoms with Gasteiger partial charge in [-0.15, -0.1) is 0 Å². The van der Waals surface area contributed by atoms with Crippen molar-refractivity contribution < 1.29 is 17.9 Å². The summed E-state index contributed by atoms with van der Waals surface area (Å²) in [5, 5.41) is 0.0696. The van der Waals surface area contributed by atoms with Gasteiger partial charge in [0.25, 0.3) is 0 Å². The minimum absolute atomic E-state index is 0.0696. The molecule has 0 spiro atoms. The predicted octanol–water partition coefficient (Wildman–Crippen LogP) is 1.61. The van der Waals surface area contributed by atoms with Gasteiger partial charge in [-0.25, -0.2) is 13.4 Å². The van der Waals surface area contributed by atoms with Crippen molar-refractivity contribution in [2.45, 2.75) is 24.5 Å². The number of nitrogens with zero attached hydrogens (tertiary/aromatic N) is 1. The highest BCUT2D eigenvalue weighted by molar-refractivity contribution is 7.95. The summed E-state index contributed by atoms with van der Waals surface area (Å²) in [6.07, 6.45) is 1.54. The molecule has 18 heavy (non-hydrogen) atoms. The number of rotatable bonds is 4. The van der Waals surface area contributed by atoms with E-state index in [0.29, 0.717) is 11.3 Å². The monoisotopic (exact) mass is 269 g/mol. The molecule has 0 saturated carbocycles. The molecule has 0 aliphatic carbocycles. The SMILES string of the molecule is COC1=C(CC(C)OC)S(=O)(=O)c2ncccc21. The smallest absolute Gasteiger partial charge is 0.224 e. The summed E-state index contributed by atoms with van der Waals surface area (Å²) in [5.41, 5.74) is 0.526. The van der Waals surface area contributed by atoms with Crippen LogP contribution in [0.3, 0.4) is 0 Å². The maximum atomic E-state index is 12.3. The Balaban J connectivity index is 2.57. The van der Waals surface area contributed by atoms with Crippen molar-refractivity contribution in [2.75, 3.05) is 14.2 Å². The molecule has 0 N–H and O–H groups in total. The van der Waals surface area contributed by atoms with Gasteiger partial charge < -0.3 is 9.47 Å². The summed E-state index contributed by atoms with van der Waals surface area (Å²) < 4.78 is 35.1. The summed E-state index contributed by atoms with van der Waals surface area (Å²) in [6.45, 7) is 1.81. The zero-order valence-electron chi connectivity index (χ0n) is 10.5. The summed E-state index contributed by atoms with van der Waals surface area (Å²) in [4.78, 5) is 4.19. The summed E-state index contributed by atoms with van der Waals surface area (Å²) >= 11 is 0. The van der Waals surface area contributed by atoms with Gasteiger partial charge >= 0.3 is 0 Å². The highest BCUT2D eigenvalue weighted by Gasteiger charge is 2.38. The van der Waals surface area contributed by atoms with Crippen LogP contribution < -0.4 is 0 Å². The summed E-state index contributed by atoms with van der Waals surface area (Å²) in [6, 6.07) is 3.39. The molecule has 0 fully saturated rings. The zero-order chi connectivity index (χ0) is 13.3. The van der Waals surface area contributed by atoms with E-state index in [0.717, 1.165) is 0 Å². The second kappa shape index (κ2) is 4.70. The molecule has 1 atom stereocenters. The van der Waals surface area contributed by atoms with Crippen molar-refractivity contribution in [2.24, 2.45) is 0 Å². The molecular weight excluding hydrogens is 254 g/mol. The quantitative estimate of drug-likeness (QED) is 0.830. The maximum Gasteiger partial charge on any atom is 0.224 e. The van der Waals surface area contributed by atoms with Crippen molar-refractivity contribution in [1.82, 2.24) is 4.98 Å². The fraction of sp³-hybridized carbons (Fsp3) is 0.417. The van der Waals surface area contributed by atoms with E-state index < -0.39 is 9.84 Å². The van der Waals surface area contributed by atoms with Crippen LogP contribution in [-0.2, 0) is 19.3 Å². The van der Waals surface area contributed by atoms with Crippen LogP contribution in [0, 0.1) is 0 Å². The van der Waals surface area contributed by atoms with E-state index in [1.54, 1.807) is 19.2 Å². The molecule has 0 aromatic carbocycles. The van der Waals surface area contributed by atoms with Crippen LogP contribution in [0.25, 0.3) is 5.76 Å². The van der Waals surface area contributed by atoms with E-state index in [2.05, 4.69) is 4.98 Å². The average Bonchev–Trinajstić information content (AvgIpc) is 2.58. The number of pyridine rings is 1. The highest BCUT2D eigenvalue weighted by atomic mass is 32.2. The van der Waals surface area contributed by atoms with Gasteiger partial charge in [0.2, 0.25) is 9.84 Å². The Hall–Kier alpha value is -1.40. The molecule has 0 radical (unpaired) electrons. The van der Waals surface area contributed by atoms with Gasteiger partial charge in [-0.2, -0.15) is 0 Å². The second-order valence-electron chi connectivity index (χ2n) is 4.07. The third-order valence-electron chi connectivity index (χ3n) is 2.93. The van der Waals surface area contributed by atoms with Crippen molar-refractivity contribution in [1.29, 1.82) is 0 Å². The van der Waals surface area contributed by atoms with Crippen LogP contribution in [0.1, 0.15) is 18.9 Å². The lowest BCUT2D eigenvalue weighted by Gasteiger charge is -2.11. The molecule has 2 rings (SSSR count). The first-order chi connectivity index (χ1) is 8.52. The molecule has 1 aromatic heterocycles. The number of methoxy groups -OCH3 is 2. The Labute approximate surface area is 106 Å². The van der Waals surface area contributed by atoms with Crippen LogP contribution in [0.5, 0.6) is 0 Å². The fourth-order valence-corrected chi connectivity index (χ4v) is 3.71. The van der Waals surface area contributed by atoms with Crippen LogP contribution in [0.15, 0.2) is 28.3 Å². The second-order valence-corrected chi connectivity index (χ2v) is 5.95. The fourth-order valence-electron chi connectivity index (χ4n) is 1.94. The van der Waals surface area contributed by atoms with Crippen LogP contribution in [0.2, 0.25) is 0 Å². The average molecular weight is 269 g/mol. The molecule has 1 aromatic rings. The number of hydrogen-bond acceptors (Lipinski definition) is 5. The molecule has 0 bridgehead atoms. The number of sulfone groups is 1. The van der Waals surface area contributed by atoms with Crippen molar-refractivity contribution >= 4 is 15.6 Å². The Bertz CT molecular complexity index is 592.